The third-order valence-corrected chi connectivity index (χ3v) is 1.77. The van der Waals surface area contributed by atoms with Gasteiger partial charge >= 0.3 is 0 Å². The molecule has 0 saturated carbocycles. The second-order valence-electron chi connectivity index (χ2n) is 2.90. The van der Waals surface area contributed by atoms with Crippen molar-refractivity contribution in [3.05, 3.63) is 12.2 Å². The van der Waals surface area contributed by atoms with Gasteiger partial charge in [0.05, 0.1) is 0 Å². The Bertz CT molecular complexity index is 153. The summed E-state index contributed by atoms with van der Waals surface area (Å²) in [6, 6.07) is 0. The average molecular weight is 165 g/mol. The van der Waals surface area contributed by atoms with Gasteiger partial charge in [0.15, 0.2) is 0 Å². The Balaban J connectivity index is 3.70. The normalized spacial score (nSPS) is 13.1. The summed E-state index contributed by atoms with van der Waals surface area (Å²) in [5.74, 6) is 3.27. The van der Waals surface area contributed by atoms with Gasteiger partial charge in [0.25, 0.3) is 0 Å². The molecule has 12 heavy (non-hydrogen) atoms. The van der Waals surface area contributed by atoms with Crippen LogP contribution in [0.3, 0.4) is 0 Å². The Kier molecular flexibility index (Phi) is 7.84. The molecule has 68 valence electrons. The highest BCUT2D eigenvalue weighted by molar-refractivity contribution is 4.92. The fourth-order valence-electron chi connectivity index (χ4n) is 1.13. The van der Waals surface area contributed by atoms with Gasteiger partial charge in [-0.3, -0.25) is 0 Å². The first-order valence-electron chi connectivity index (χ1n) is 4.59. The van der Waals surface area contributed by atoms with Gasteiger partial charge in [-0.25, -0.2) is 0 Å². The Morgan fingerprint density at radius 1 is 1.58 bits per heavy atom. The Morgan fingerprint density at radius 2 is 2.33 bits per heavy atom. The molecule has 0 saturated heterocycles. The van der Waals surface area contributed by atoms with E-state index in [0.29, 0.717) is 5.92 Å². The Morgan fingerprint density at radius 3 is 2.83 bits per heavy atom. The first-order valence-corrected chi connectivity index (χ1v) is 4.59. The maximum absolute atomic E-state index is 5.21. The molecular formula is C11H19N. The second-order valence-corrected chi connectivity index (χ2v) is 2.90. The highest BCUT2D eigenvalue weighted by atomic mass is 14.8. The summed E-state index contributed by atoms with van der Waals surface area (Å²) >= 11 is 0. The van der Waals surface area contributed by atoms with Crippen LogP contribution in [0.4, 0.5) is 0 Å². The number of hydrogen-bond acceptors (Lipinski definition) is 1. The molecule has 0 heterocycles. The van der Waals surface area contributed by atoms with Crippen molar-refractivity contribution in [1.82, 2.24) is 5.32 Å². The maximum Gasteiger partial charge on any atom is 0.00921 e. The largest absolute Gasteiger partial charge is 0.319 e. The molecule has 0 aromatic carbocycles. The zero-order chi connectivity index (χ0) is 9.23. The molecule has 0 bridgehead atoms. The van der Waals surface area contributed by atoms with Crippen LogP contribution in [0.25, 0.3) is 0 Å². The van der Waals surface area contributed by atoms with E-state index in [0.717, 1.165) is 25.8 Å². The highest BCUT2D eigenvalue weighted by Crippen LogP contribution is 2.06. The zero-order valence-corrected chi connectivity index (χ0v) is 8.14. The van der Waals surface area contributed by atoms with Crippen molar-refractivity contribution < 1.29 is 0 Å². The van der Waals surface area contributed by atoms with Gasteiger partial charge in [0, 0.05) is 13.0 Å². The predicted molar refractivity (Wildman–Crippen MR) is 54.9 cm³/mol. The lowest BCUT2D eigenvalue weighted by Gasteiger charge is -2.09. The van der Waals surface area contributed by atoms with E-state index in [9.17, 15) is 0 Å². The first kappa shape index (κ1) is 11.3. The Hall–Kier alpha value is -0.740. The minimum Gasteiger partial charge on any atom is -0.319 e. The van der Waals surface area contributed by atoms with E-state index in [1.54, 1.807) is 0 Å². The number of hydrogen-bond donors (Lipinski definition) is 1. The summed E-state index contributed by atoms with van der Waals surface area (Å²) in [4.78, 5) is 0. The molecule has 0 aromatic rings. The number of nitrogens with one attached hydrogen (secondary N) is 1. The highest BCUT2D eigenvalue weighted by Gasteiger charge is 2.00. The van der Waals surface area contributed by atoms with Crippen molar-refractivity contribution in [2.75, 3.05) is 13.6 Å². The molecule has 0 radical (unpaired) electrons. The Labute approximate surface area is 76.2 Å². The van der Waals surface area contributed by atoms with E-state index in [4.69, 9.17) is 6.42 Å². The minimum atomic E-state index is 0.603. The quantitative estimate of drug-likeness (QED) is 0.470. The summed E-state index contributed by atoms with van der Waals surface area (Å²) in [6.45, 7) is 3.17. The van der Waals surface area contributed by atoms with Crippen LogP contribution >= 0.6 is 0 Å². The molecule has 0 aliphatic heterocycles. The number of rotatable bonds is 6. The lowest BCUT2D eigenvalue weighted by Crippen LogP contribution is -2.16. The van der Waals surface area contributed by atoms with Crippen LogP contribution in [0.1, 0.15) is 26.2 Å². The van der Waals surface area contributed by atoms with Crippen molar-refractivity contribution in [3.63, 3.8) is 0 Å². The third kappa shape index (κ3) is 6.00. The van der Waals surface area contributed by atoms with E-state index in [2.05, 4.69) is 30.3 Å². The molecule has 0 aliphatic carbocycles. The molecular weight excluding hydrogens is 146 g/mol. The fourth-order valence-corrected chi connectivity index (χ4v) is 1.13. The summed E-state index contributed by atoms with van der Waals surface area (Å²) in [5, 5.41) is 3.17. The summed E-state index contributed by atoms with van der Waals surface area (Å²) in [6.07, 6.45) is 12.7. The third-order valence-electron chi connectivity index (χ3n) is 1.77. The molecule has 1 unspecified atom stereocenters. The molecule has 0 spiro atoms. The maximum atomic E-state index is 5.21. The number of terminal acetylenes is 1. The van der Waals surface area contributed by atoms with E-state index >= 15 is 0 Å². The molecule has 1 N–H and O–H groups in total. The van der Waals surface area contributed by atoms with Gasteiger partial charge in [0.1, 0.15) is 0 Å². The summed E-state index contributed by atoms with van der Waals surface area (Å²) in [7, 11) is 1.97. The lowest BCUT2D eigenvalue weighted by atomic mass is 10.0. The van der Waals surface area contributed by atoms with Gasteiger partial charge in [-0.15, -0.1) is 12.3 Å². The average Bonchev–Trinajstić information content (AvgIpc) is 2.10. The van der Waals surface area contributed by atoms with Gasteiger partial charge in [0.2, 0.25) is 0 Å². The van der Waals surface area contributed by atoms with Gasteiger partial charge in [-0.2, -0.15) is 0 Å². The minimum absolute atomic E-state index is 0.603. The van der Waals surface area contributed by atoms with Crippen LogP contribution in [0.15, 0.2) is 12.2 Å². The zero-order valence-electron chi connectivity index (χ0n) is 8.14. The van der Waals surface area contributed by atoms with Crippen LogP contribution in [-0.2, 0) is 0 Å². The van der Waals surface area contributed by atoms with Crippen LogP contribution in [0.5, 0.6) is 0 Å². The number of allylic oxidation sites excluding steroid dienone is 1. The molecule has 1 nitrogen and oxygen atoms in total. The van der Waals surface area contributed by atoms with Gasteiger partial charge < -0.3 is 5.32 Å². The standard InChI is InChI=1S/C11H19N/c1-4-6-8-11(10-12-3)9-7-5-2/h1,7,9,11-12H,5-6,8,10H2,2-3H3/b9-7-. The van der Waals surface area contributed by atoms with Crippen molar-refractivity contribution in [2.24, 2.45) is 5.92 Å². The van der Waals surface area contributed by atoms with Crippen LogP contribution in [0.2, 0.25) is 0 Å². The molecule has 0 fully saturated rings. The van der Waals surface area contributed by atoms with E-state index in [-0.39, 0.29) is 0 Å². The van der Waals surface area contributed by atoms with E-state index in [1.165, 1.54) is 0 Å². The molecule has 0 aliphatic rings. The predicted octanol–water partition coefficient (Wildman–Crippen LogP) is 2.20. The van der Waals surface area contributed by atoms with Crippen molar-refractivity contribution in [2.45, 2.75) is 26.2 Å². The molecule has 1 atom stereocenters. The van der Waals surface area contributed by atoms with Crippen molar-refractivity contribution in [3.8, 4) is 12.3 Å². The summed E-state index contributed by atoms with van der Waals surface area (Å²) < 4.78 is 0. The first-order chi connectivity index (χ1) is 5.85. The topological polar surface area (TPSA) is 12.0 Å². The summed E-state index contributed by atoms with van der Waals surface area (Å²) in [5.41, 5.74) is 0. The van der Waals surface area contributed by atoms with Gasteiger partial charge in [-0.1, -0.05) is 19.1 Å². The molecule has 0 rings (SSSR count). The SMILES string of the molecule is C#CCCC(/C=C\CC)CNC. The van der Waals surface area contributed by atoms with Crippen molar-refractivity contribution >= 4 is 0 Å². The fraction of sp³-hybridized carbons (Fsp3) is 0.636. The van der Waals surface area contributed by atoms with E-state index < -0.39 is 0 Å². The van der Waals surface area contributed by atoms with Crippen LogP contribution in [-0.4, -0.2) is 13.6 Å². The molecule has 1 heteroatoms. The van der Waals surface area contributed by atoms with Crippen LogP contribution in [0, 0.1) is 18.3 Å². The van der Waals surface area contributed by atoms with E-state index in [1.807, 2.05) is 7.05 Å². The smallest absolute Gasteiger partial charge is 0.00921 e. The molecule has 0 aromatic heterocycles. The molecule has 0 amide bonds. The second kappa shape index (κ2) is 8.36. The van der Waals surface area contributed by atoms with Gasteiger partial charge in [-0.05, 0) is 25.8 Å². The lowest BCUT2D eigenvalue weighted by molar-refractivity contribution is 0.562. The monoisotopic (exact) mass is 165 g/mol. The van der Waals surface area contributed by atoms with Crippen LogP contribution < -0.4 is 5.32 Å². The van der Waals surface area contributed by atoms with Crippen molar-refractivity contribution in [1.29, 1.82) is 0 Å².